The number of rotatable bonds is 2. The van der Waals surface area contributed by atoms with Crippen molar-refractivity contribution in [3.8, 4) is 0 Å². The molecule has 1 fully saturated rings. The second kappa shape index (κ2) is 6.34. The van der Waals surface area contributed by atoms with Crippen molar-refractivity contribution >= 4 is 17.6 Å². The second-order valence-corrected chi connectivity index (χ2v) is 6.95. The molecule has 0 spiro atoms. The van der Waals surface area contributed by atoms with E-state index in [1.54, 1.807) is 0 Å². The van der Waals surface area contributed by atoms with E-state index in [4.69, 9.17) is 0 Å². The average molecular weight is 311 g/mol. The van der Waals surface area contributed by atoms with E-state index in [0.717, 1.165) is 44.0 Å². The predicted octanol–water partition coefficient (Wildman–Crippen LogP) is 3.37. The van der Waals surface area contributed by atoms with Crippen LogP contribution in [0.3, 0.4) is 0 Å². The number of amides is 1. The maximum absolute atomic E-state index is 12.8. The number of nitrogens with one attached hydrogen (secondary N) is 1. The molecule has 122 valence electrons. The molecule has 23 heavy (non-hydrogen) atoms. The van der Waals surface area contributed by atoms with Crippen molar-refractivity contribution in [1.82, 2.24) is 4.90 Å². The number of carbonyl (C=O) groups is 1. The summed E-state index contributed by atoms with van der Waals surface area (Å²) in [6.45, 7) is 1.45. The number of carbonyl (C=O) groups excluding carboxylic acids is 1. The van der Waals surface area contributed by atoms with Gasteiger partial charge < -0.3 is 5.32 Å². The van der Waals surface area contributed by atoms with Gasteiger partial charge in [-0.3, -0.25) is 14.7 Å². The van der Waals surface area contributed by atoms with Gasteiger partial charge in [0, 0.05) is 18.2 Å². The summed E-state index contributed by atoms with van der Waals surface area (Å²) in [7, 11) is 0. The van der Waals surface area contributed by atoms with Crippen LogP contribution in [0, 0.1) is 5.92 Å². The van der Waals surface area contributed by atoms with Crippen LogP contribution in [0.1, 0.15) is 49.7 Å². The number of aryl methyl sites for hydroxylation is 1. The summed E-state index contributed by atoms with van der Waals surface area (Å²) in [5.74, 6) is 1.25. The fourth-order valence-corrected chi connectivity index (χ4v) is 4.20. The number of nitrogens with zero attached hydrogens (tertiary/aromatic N) is 2. The topological polar surface area (TPSA) is 44.7 Å². The Bertz CT molecular complexity index is 632. The van der Waals surface area contributed by atoms with Crippen molar-refractivity contribution in [2.24, 2.45) is 10.9 Å². The molecule has 4 heteroatoms. The Morgan fingerprint density at radius 3 is 2.87 bits per heavy atom. The minimum atomic E-state index is 0.204. The fourth-order valence-electron chi connectivity index (χ4n) is 4.20. The van der Waals surface area contributed by atoms with Crippen LogP contribution in [0.2, 0.25) is 0 Å². The van der Waals surface area contributed by atoms with Crippen LogP contribution < -0.4 is 5.32 Å². The van der Waals surface area contributed by atoms with E-state index >= 15 is 0 Å². The lowest BCUT2D eigenvalue weighted by atomic mass is 9.88. The van der Waals surface area contributed by atoms with Gasteiger partial charge in [0.05, 0.1) is 6.54 Å². The summed E-state index contributed by atoms with van der Waals surface area (Å²) in [6.07, 6.45) is 9.27. The van der Waals surface area contributed by atoms with Crippen molar-refractivity contribution in [3.05, 3.63) is 29.3 Å². The Labute approximate surface area is 138 Å². The molecule has 0 saturated heterocycles. The van der Waals surface area contributed by atoms with Crippen molar-refractivity contribution in [1.29, 1.82) is 0 Å². The van der Waals surface area contributed by atoms with Crippen molar-refractivity contribution < 1.29 is 4.79 Å². The minimum absolute atomic E-state index is 0.204. The minimum Gasteiger partial charge on any atom is -0.326 e. The predicted molar refractivity (Wildman–Crippen MR) is 92.7 cm³/mol. The molecule has 1 amide bonds. The zero-order chi connectivity index (χ0) is 15.6. The highest BCUT2D eigenvalue weighted by Gasteiger charge is 2.31. The van der Waals surface area contributed by atoms with Crippen molar-refractivity contribution in [3.63, 3.8) is 0 Å². The van der Waals surface area contributed by atoms with E-state index in [1.807, 2.05) is 4.90 Å². The summed E-state index contributed by atoms with van der Waals surface area (Å²) in [4.78, 5) is 19.3. The fraction of sp³-hybridized carbons (Fsp3) is 0.579. The number of hydrogen-bond acceptors (Lipinski definition) is 3. The third-order valence-electron chi connectivity index (χ3n) is 5.45. The van der Waals surface area contributed by atoms with E-state index in [0.29, 0.717) is 0 Å². The first-order chi connectivity index (χ1) is 11.3. The molecule has 0 bridgehead atoms. The SMILES string of the molecule is O=C(C1CCCCC1)N1CCN=C1Nc1cccc2c1CCC2. The van der Waals surface area contributed by atoms with E-state index < -0.39 is 0 Å². The lowest BCUT2D eigenvalue weighted by Gasteiger charge is -2.27. The van der Waals surface area contributed by atoms with Gasteiger partial charge in [-0.1, -0.05) is 31.4 Å². The van der Waals surface area contributed by atoms with Crippen molar-refractivity contribution in [2.75, 3.05) is 18.4 Å². The van der Waals surface area contributed by atoms with Gasteiger partial charge in [-0.05, 0) is 49.3 Å². The molecule has 4 nitrogen and oxygen atoms in total. The van der Waals surface area contributed by atoms with E-state index in [-0.39, 0.29) is 11.8 Å². The Morgan fingerprint density at radius 1 is 1.13 bits per heavy atom. The number of aliphatic imine (C=N–C) groups is 1. The Morgan fingerprint density at radius 2 is 2.00 bits per heavy atom. The van der Waals surface area contributed by atoms with Crippen LogP contribution in [-0.4, -0.2) is 29.9 Å². The van der Waals surface area contributed by atoms with E-state index in [1.165, 1.54) is 43.2 Å². The summed E-state index contributed by atoms with van der Waals surface area (Å²) in [5, 5.41) is 3.47. The van der Waals surface area contributed by atoms with Gasteiger partial charge in [0.15, 0.2) is 0 Å². The smallest absolute Gasteiger partial charge is 0.232 e. The highest BCUT2D eigenvalue weighted by molar-refractivity contribution is 6.06. The Hall–Kier alpha value is -1.84. The highest BCUT2D eigenvalue weighted by Crippen LogP contribution is 2.30. The maximum atomic E-state index is 12.8. The summed E-state index contributed by atoms with van der Waals surface area (Å²) in [5.41, 5.74) is 3.99. The molecule has 2 aliphatic carbocycles. The number of hydrogen-bond donors (Lipinski definition) is 1. The van der Waals surface area contributed by atoms with Crippen LogP contribution in [0.4, 0.5) is 5.69 Å². The summed E-state index contributed by atoms with van der Waals surface area (Å²) in [6, 6.07) is 6.44. The molecular formula is C19H25N3O. The molecule has 1 aliphatic heterocycles. The molecule has 0 aromatic heterocycles. The lowest BCUT2D eigenvalue weighted by Crippen LogP contribution is -2.42. The van der Waals surface area contributed by atoms with Crippen LogP contribution >= 0.6 is 0 Å². The molecule has 4 rings (SSSR count). The number of anilines is 1. The molecule has 1 aromatic rings. The molecule has 0 atom stereocenters. The van der Waals surface area contributed by atoms with Gasteiger partial charge in [-0.15, -0.1) is 0 Å². The average Bonchev–Trinajstić information content (AvgIpc) is 3.24. The van der Waals surface area contributed by atoms with Crippen LogP contribution in [0.25, 0.3) is 0 Å². The molecule has 3 aliphatic rings. The van der Waals surface area contributed by atoms with Gasteiger partial charge in [0.2, 0.25) is 11.9 Å². The van der Waals surface area contributed by atoms with Gasteiger partial charge in [0.25, 0.3) is 0 Å². The zero-order valence-corrected chi connectivity index (χ0v) is 13.7. The maximum Gasteiger partial charge on any atom is 0.232 e. The van der Waals surface area contributed by atoms with Crippen LogP contribution in [0.15, 0.2) is 23.2 Å². The van der Waals surface area contributed by atoms with Gasteiger partial charge in [-0.25, -0.2) is 0 Å². The van der Waals surface area contributed by atoms with E-state index in [9.17, 15) is 4.79 Å². The standard InChI is InChI=1S/C19H25N3O/c23-18(15-6-2-1-3-7-15)22-13-12-20-19(22)21-17-11-5-9-14-8-4-10-16(14)17/h5,9,11,15H,1-4,6-8,10,12-13H2,(H,20,21). The van der Waals surface area contributed by atoms with Gasteiger partial charge >= 0.3 is 0 Å². The monoisotopic (exact) mass is 311 g/mol. The molecule has 0 unspecified atom stereocenters. The highest BCUT2D eigenvalue weighted by atomic mass is 16.2. The lowest BCUT2D eigenvalue weighted by molar-refractivity contribution is -0.132. The van der Waals surface area contributed by atoms with Crippen molar-refractivity contribution in [2.45, 2.75) is 51.4 Å². The number of guanidine groups is 1. The van der Waals surface area contributed by atoms with Crippen LogP contribution in [-0.2, 0) is 17.6 Å². The first-order valence-corrected chi connectivity index (χ1v) is 9.06. The first kappa shape index (κ1) is 14.7. The van der Waals surface area contributed by atoms with Gasteiger partial charge in [-0.2, -0.15) is 0 Å². The zero-order valence-electron chi connectivity index (χ0n) is 13.7. The first-order valence-electron chi connectivity index (χ1n) is 9.06. The largest absolute Gasteiger partial charge is 0.326 e. The third-order valence-corrected chi connectivity index (χ3v) is 5.45. The molecule has 0 radical (unpaired) electrons. The second-order valence-electron chi connectivity index (χ2n) is 6.95. The number of fused-ring (bicyclic) bond motifs is 1. The summed E-state index contributed by atoms with van der Waals surface area (Å²) < 4.78 is 0. The quantitative estimate of drug-likeness (QED) is 0.910. The van der Waals surface area contributed by atoms with E-state index in [2.05, 4.69) is 28.5 Å². The van der Waals surface area contributed by atoms with Crippen LogP contribution in [0.5, 0.6) is 0 Å². The molecular weight excluding hydrogens is 286 g/mol. The Kier molecular flexibility index (Phi) is 4.06. The summed E-state index contributed by atoms with van der Waals surface area (Å²) >= 11 is 0. The number of benzene rings is 1. The molecule has 1 heterocycles. The molecule has 1 N–H and O–H groups in total. The molecule has 1 saturated carbocycles. The Balaban J connectivity index is 1.50. The third kappa shape index (κ3) is 2.87. The molecule has 1 aromatic carbocycles. The van der Waals surface area contributed by atoms with Gasteiger partial charge in [0.1, 0.15) is 0 Å². The normalized spacial score (nSPS) is 21.2.